The highest BCUT2D eigenvalue weighted by Gasteiger charge is 2.14. The van der Waals surface area contributed by atoms with Gasteiger partial charge in [0.15, 0.2) is 0 Å². The normalized spacial score (nSPS) is 15.1. The number of carbonyl (C=O) groups is 1. The summed E-state index contributed by atoms with van der Waals surface area (Å²) in [4.78, 5) is 15.1. The first kappa shape index (κ1) is 11.1. The number of nitrogens with two attached hydrogens (primary N) is 1. The van der Waals surface area contributed by atoms with E-state index in [1.54, 1.807) is 18.3 Å². The molecule has 0 aliphatic carbocycles. The summed E-state index contributed by atoms with van der Waals surface area (Å²) in [6.07, 6.45) is 0. The Labute approximate surface area is 87.5 Å². The fourth-order valence-electron chi connectivity index (χ4n) is 1.12. The molecule has 0 saturated heterocycles. The molecule has 0 radical (unpaired) electrons. The number of nitrogens with zero attached hydrogens (tertiary/aromatic N) is 1. The van der Waals surface area contributed by atoms with E-state index in [-0.39, 0.29) is 18.0 Å². The first-order valence-corrected chi connectivity index (χ1v) is 5.36. The summed E-state index contributed by atoms with van der Waals surface area (Å²) >= 11 is 1.60. The number of carbonyl (C=O) groups excluding carboxylic acids is 1. The molecule has 0 bridgehead atoms. The van der Waals surface area contributed by atoms with Gasteiger partial charge in [0, 0.05) is 11.4 Å². The number of rotatable bonds is 4. The summed E-state index contributed by atoms with van der Waals surface area (Å²) < 4.78 is 0. The van der Waals surface area contributed by atoms with E-state index in [1.165, 1.54) is 0 Å². The molecule has 0 spiro atoms. The fourth-order valence-corrected chi connectivity index (χ4v) is 1.83. The first-order chi connectivity index (χ1) is 6.50. The Morgan fingerprint density at radius 2 is 2.29 bits per heavy atom. The molecule has 1 heterocycles. The number of nitrogens with one attached hydrogen (secondary N) is 1. The highest BCUT2D eigenvalue weighted by molar-refractivity contribution is 7.09. The van der Waals surface area contributed by atoms with Gasteiger partial charge in [-0.25, -0.2) is 4.98 Å². The number of thiazole rings is 1. The molecular formula is C9H15N3OS. The third-order valence-electron chi connectivity index (χ3n) is 2.01. The van der Waals surface area contributed by atoms with E-state index < -0.39 is 0 Å². The maximum Gasteiger partial charge on any atom is 0.234 e. The van der Waals surface area contributed by atoms with Crippen LogP contribution in [0.15, 0.2) is 5.38 Å². The molecule has 1 aromatic heterocycles. The predicted molar refractivity (Wildman–Crippen MR) is 57.1 cm³/mol. The molecule has 0 fully saturated rings. The molecule has 5 heteroatoms. The monoisotopic (exact) mass is 213 g/mol. The van der Waals surface area contributed by atoms with Crippen LogP contribution in [0.1, 0.15) is 30.6 Å². The molecule has 3 N–H and O–H groups in total. The Morgan fingerprint density at radius 3 is 2.71 bits per heavy atom. The van der Waals surface area contributed by atoms with Gasteiger partial charge in [-0.1, -0.05) is 0 Å². The zero-order chi connectivity index (χ0) is 10.7. The van der Waals surface area contributed by atoms with E-state index in [0.717, 1.165) is 10.7 Å². The van der Waals surface area contributed by atoms with Crippen molar-refractivity contribution in [2.24, 2.45) is 5.73 Å². The molecule has 0 aliphatic heterocycles. The van der Waals surface area contributed by atoms with E-state index >= 15 is 0 Å². The number of hydrogen-bond acceptors (Lipinski definition) is 4. The van der Waals surface area contributed by atoms with Crippen molar-refractivity contribution in [2.45, 2.75) is 32.9 Å². The molecular weight excluding hydrogens is 198 g/mol. The minimum atomic E-state index is -0.344. The molecule has 1 rings (SSSR count). The van der Waals surface area contributed by atoms with Crippen molar-refractivity contribution in [1.29, 1.82) is 0 Å². The SMILES string of the molecule is Cc1nc(C(C)NC(C)C(N)=O)cs1. The number of amides is 1. The standard InChI is InChI=1S/C9H15N3OS/c1-5(11-6(2)9(10)13)8-4-14-7(3)12-8/h4-6,11H,1-3H3,(H2,10,13). The molecule has 4 nitrogen and oxygen atoms in total. The summed E-state index contributed by atoms with van der Waals surface area (Å²) in [5, 5.41) is 6.09. The van der Waals surface area contributed by atoms with Crippen LogP contribution >= 0.6 is 11.3 Å². The molecule has 1 aromatic rings. The lowest BCUT2D eigenvalue weighted by Gasteiger charge is -2.15. The summed E-state index contributed by atoms with van der Waals surface area (Å²) in [5.74, 6) is -0.344. The fraction of sp³-hybridized carbons (Fsp3) is 0.556. The lowest BCUT2D eigenvalue weighted by Crippen LogP contribution is -2.40. The molecule has 0 aromatic carbocycles. The van der Waals surface area contributed by atoms with Gasteiger partial charge in [0.2, 0.25) is 5.91 Å². The lowest BCUT2D eigenvalue weighted by molar-refractivity contribution is -0.119. The van der Waals surface area contributed by atoms with Crippen molar-refractivity contribution in [3.63, 3.8) is 0 Å². The molecule has 1 amide bonds. The van der Waals surface area contributed by atoms with Crippen molar-refractivity contribution < 1.29 is 4.79 Å². The smallest absolute Gasteiger partial charge is 0.234 e. The third kappa shape index (κ3) is 2.78. The van der Waals surface area contributed by atoms with Crippen molar-refractivity contribution in [1.82, 2.24) is 10.3 Å². The Bertz CT molecular complexity index is 324. The van der Waals surface area contributed by atoms with E-state index in [2.05, 4.69) is 10.3 Å². The van der Waals surface area contributed by atoms with Gasteiger partial charge in [-0.15, -0.1) is 11.3 Å². The molecule has 78 valence electrons. The summed E-state index contributed by atoms with van der Waals surface area (Å²) in [6.45, 7) is 5.67. The molecule has 0 saturated carbocycles. The summed E-state index contributed by atoms with van der Waals surface area (Å²) in [6, 6.07) is -0.269. The quantitative estimate of drug-likeness (QED) is 0.783. The average Bonchev–Trinajstić information content (AvgIpc) is 2.51. The van der Waals surface area contributed by atoms with Crippen LogP contribution in [0.25, 0.3) is 0 Å². The highest BCUT2D eigenvalue weighted by Crippen LogP contribution is 2.15. The van der Waals surface area contributed by atoms with Gasteiger partial charge < -0.3 is 5.73 Å². The minimum Gasteiger partial charge on any atom is -0.368 e. The number of aryl methyl sites for hydroxylation is 1. The largest absolute Gasteiger partial charge is 0.368 e. The molecule has 2 unspecified atom stereocenters. The Kier molecular flexibility index (Phi) is 3.60. The van der Waals surface area contributed by atoms with Crippen LogP contribution in [0.3, 0.4) is 0 Å². The maximum absolute atomic E-state index is 10.8. The van der Waals surface area contributed by atoms with Gasteiger partial charge >= 0.3 is 0 Å². The Balaban J connectivity index is 2.58. The first-order valence-electron chi connectivity index (χ1n) is 4.48. The minimum absolute atomic E-state index is 0.0578. The highest BCUT2D eigenvalue weighted by atomic mass is 32.1. The van der Waals surface area contributed by atoms with Crippen LogP contribution in [-0.2, 0) is 4.79 Å². The average molecular weight is 213 g/mol. The second-order valence-corrected chi connectivity index (χ2v) is 4.37. The van der Waals surface area contributed by atoms with Gasteiger partial charge in [0.05, 0.1) is 16.7 Å². The Morgan fingerprint density at radius 1 is 1.64 bits per heavy atom. The van der Waals surface area contributed by atoms with Crippen LogP contribution in [0.5, 0.6) is 0 Å². The van der Waals surface area contributed by atoms with Crippen molar-refractivity contribution >= 4 is 17.2 Å². The van der Waals surface area contributed by atoms with Crippen molar-refractivity contribution in [3.8, 4) is 0 Å². The number of hydrogen-bond donors (Lipinski definition) is 2. The van der Waals surface area contributed by atoms with Gasteiger partial charge in [-0.05, 0) is 20.8 Å². The number of aromatic nitrogens is 1. The second-order valence-electron chi connectivity index (χ2n) is 3.30. The molecule has 14 heavy (non-hydrogen) atoms. The van der Waals surface area contributed by atoms with Crippen molar-refractivity contribution in [3.05, 3.63) is 16.1 Å². The third-order valence-corrected chi connectivity index (χ3v) is 2.80. The van der Waals surface area contributed by atoms with E-state index in [0.29, 0.717) is 0 Å². The van der Waals surface area contributed by atoms with E-state index in [4.69, 9.17) is 5.73 Å². The topological polar surface area (TPSA) is 68.0 Å². The Hall–Kier alpha value is -0.940. The zero-order valence-corrected chi connectivity index (χ0v) is 9.39. The summed E-state index contributed by atoms with van der Waals surface area (Å²) in [5.41, 5.74) is 6.11. The van der Waals surface area contributed by atoms with Crippen LogP contribution in [0.4, 0.5) is 0 Å². The number of primary amides is 1. The molecule has 0 aliphatic rings. The summed E-state index contributed by atoms with van der Waals surface area (Å²) in [7, 11) is 0. The van der Waals surface area contributed by atoms with Crippen LogP contribution in [-0.4, -0.2) is 16.9 Å². The zero-order valence-electron chi connectivity index (χ0n) is 8.57. The van der Waals surface area contributed by atoms with E-state index in [1.807, 2.05) is 19.2 Å². The van der Waals surface area contributed by atoms with Gasteiger partial charge in [0.25, 0.3) is 0 Å². The van der Waals surface area contributed by atoms with Crippen LogP contribution < -0.4 is 11.1 Å². The molecule has 2 atom stereocenters. The second kappa shape index (κ2) is 4.52. The van der Waals surface area contributed by atoms with Crippen LogP contribution in [0, 0.1) is 6.92 Å². The predicted octanol–water partition coefficient (Wildman–Crippen LogP) is 0.976. The van der Waals surface area contributed by atoms with Gasteiger partial charge in [-0.3, -0.25) is 10.1 Å². The van der Waals surface area contributed by atoms with Crippen LogP contribution in [0.2, 0.25) is 0 Å². The lowest BCUT2D eigenvalue weighted by atomic mass is 10.2. The van der Waals surface area contributed by atoms with Crippen molar-refractivity contribution in [2.75, 3.05) is 0 Å². The maximum atomic E-state index is 10.8. The van der Waals surface area contributed by atoms with E-state index in [9.17, 15) is 4.79 Å². The van der Waals surface area contributed by atoms with Gasteiger partial charge in [0.1, 0.15) is 0 Å². The van der Waals surface area contributed by atoms with Gasteiger partial charge in [-0.2, -0.15) is 0 Å².